The standard InChI is InChI=1S/C20H28N6O2.HI/c1-2-21-20(25-10-12-28-18(15-25)17-5-3-11-27-17)23-14-16-6-8-22-19(13-16)26-9-4-7-24-26;/h4,6-9,13,17-18H,2-3,5,10-12,14-15H2,1H3,(H,21,23);1H. The number of hydrogen-bond donors (Lipinski definition) is 1. The van der Waals surface area contributed by atoms with Crippen molar-refractivity contribution in [3.63, 3.8) is 0 Å². The van der Waals surface area contributed by atoms with Gasteiger partial charge in [0.1, 0.15) is 6.10 Å². The number of nitrogens with zero attached hydrogens (tertiary/aromatic N) is 5. The molecule has 158 valence electrons. The molecule has 2 unspecified atom stereocenters. The number of pyridine rings is 1. The molecule has 2 saturated heterocycles. The Morgan fingerprint density at radius 3 is 2.93 bits per heavy atom. The Morgan fingerprint density at radius 1 is 1.28 bits per heavy atom. The number of aliphatic imine (C=N–C) groups is 1. The van der Waals surface area contributed by atoms with Gasteiger partial charge in [-0.3, -0.25) is 0 Å². The molecule has 0 saturated carbocycles. The molecule has 9 heteroatoms. The lowest BCUT2D eigenvalue weighted by molar-refractivity contribution is -0.0817. The second kappa shape index (κ2) is 10.9. The number of rotatable bonds is 5. The number of nitrogens with one attached hydrogen (secondary N) is 1. The fourth-order valence-electron chi connectivity index (χ4n) is 3.67. The number of ether oxygens (including phenoxy) is 2. The van der Waals surface area contributed by atoms with Crippen LogP contribution in [0.4, 0.5) is 0 Å². The monoisotopic (exact) mass is 512 g/mol. The van der Waals surface area contributed by atoms with Crippen LogP contribution in [0.15, 0.2) is 41.8 Å². The molecule has 2 aromatic heterocycles. The lowest BCUT2D eigenvalue weighted by Gasteiger charge is -2.37. The van der Waals surface area contributed by atoms with E-state index in [1.165, 1.54) is 0 Å². The third-order valence-corrected chi connectivity index (χ3v) is 5.07. The van der Waals surface area contributed by atoms with Gasteiger partial charge in [0.15, 0.2) is 11.8 Å². The minimum absolute atomic E-state index is 0. The zero-order valence-corrected chi connectivity index (χ0v) is 19.1. The van der Waals surface area contributed by atoms with Crippen molar-refractivity contribution in [2.45, 2.75) is 38.5 Å². The Labute approximate surface area is 188 Å². The van der Waals surface area contributed by atoms with E-state index in [-0.39, 0.29) is 36.2 Å². The number of hydrogen-bond acceptors (Lipinski definition) is 5. The van der Waals surface area contributed by atoms with Gasteiger partial charge in [-0.05, 0) is 43.5 Å². The van der Waals surface area contributed by atoms with E-state index in [9.17, 15) is 0 Å². The van der Waals surface area contributed by atoms with Crippen molar-refractivity contribution in [2.24, 2.45) is 4.99 Å². The van der Waals surface area contributed by atoms with Gasteiger partial charge in [0, 0.05) is 44.8 Å². The quantitative estimate of drug-likeness (QED) is 0.376. The van der Waals surface area contributed by atoms with Gasteiger partial charge in [0.25, 0.3) is 0 Å². The normalized spacial score (nSPS) is 22.4. The Balaban J connectivity index is 0.00000240. The van der Waals surface area contributed by atoms with Crippen molar-refractivity contribution >= 4 is 29.9 Å². The maximum Gasteiger partial charge on any atom is 0.194 e. The van der Waals surface area contributed by atoms with Crippen LogP contribution in [0.25, 0.3) is 5.82 Å². The molecule has 4 heterocycles. The number of halogens is 1. The first-order chi connectivity index (χ1) is 13.8. The molecule has 2 aliphatic rings. The lowest BCUT2D eigenvalue weighted by Crippen LogP contribution is -2.53. The first-order valence-electron chi connectivity index (χ1n) is 10.0. The van der Waals surface area contributed by atoms with Crippen LogP contribution in [-0.2, 0) is 16.0 Å². The molecule has 0 aromatic carbocycles. The molecule has 4 rings (SSSR count). The van der Waals surface area contributed by atoms with Crippen LogP contribution < -0.4 is 5.32 Å². The average Bonchev–Trinajstić information content (AvgIpc) is 3.46. The Morgan fingerprint density at radius 2 is 2.17 bits per heavy atom. The molecular weight excluding hydrogens is 483 g/mol. The summed E-state index contributed by atoms with van der Waals surface area (Å²) in [7, 11) is 0. The van der Waals surface area contributed by atoms with Crippen molar-refractivity contribution in [2.75, 3.05) is 32.8 Å². The zero-order valence-electron chi connectivity index (χ0n) is 16.7. The fourth-order valence-corrected chi connectivity index (χ4v) is 3.67. The van der Waals surface area contributed by atoms with Crippen LogP contribution in [0.1, 0.15) is 25.3 Å². The maximum atomic E-state index is 5.97. The van der Waals surface area contributed by atoms with Gasteiger partial charge in [-0.25, -0.2) is 14.7 Å². The van der Waals surface area contributed by atoms with Crippen LogP contribution in [0.3, 0.4) is 0 Å². The second-order valence-corrected chi connectivity index (χ2v) is 7.05. The summed E-state index contributed by atoms with van der Waals surface area (Å²) in [5.74, 6) is 1.72. The summed E-state index contributed by atoms with van der Waals surface area (Å²) in [6.07, 6.45) is 7.97. The first kappa shape index (κ1) is 22.0. The third-order valence-electron chi connectivity index (χ3n) is 5.07. The van der Waals surface area contributed by atoms with Crippen LogP contribution in [0.5, 0.6) is 0 Å². The van der Waals surface area contributed by atoms with E-state index < -0.39 is 0 Å². The highest BCUT2D eigenvalue weighted by molar-refractivity contribution is 14.0. The second-order valence-electron chi connectivity index (χ2n) is 7.05. The van der Waals surface area contributed by atoms with Gasteiger partial charge in [0.05, 0.1) is 19.3 Å². The van der Waals surface area contributed by atoms with Gasteiger partial charge >= 0.3 is 0 Å². The maximum absolute atomic E-state index is 5.97. The van der Waals surface area contributed by atoms with Crippen LogP contribution >= 0.6 is 24.0 Å². The van der Waals surface area contributed by atoms with Gasteiger partial charge in [0.2, 0.25) is 0 Å². The molecule has 29 heavy (non-hydrogen) atoms. The highest BCUT2D eigenvalue weighted by atomic mass is 127. The predicted octanol–water partition coefficient (Wildman–Crippen LogP) is 2.23. The van der Waals surface area contributed by atoms with Crippen LogP contribution in [0, 0.1) is 0 Å². The number of guanidine groups is 1. The van der Waals surface area contributed by atoms with Crippen molar-refractivity contribution in [3.8, 4) is 5.82 Å². The van der Waals surface area contributed by atoms with E-state index in [4.69, 9.17) is 14.5 Å². The molecule has 2 fully saturated rings. The van der Waals surface area contributed by atoms with Crippen molar-refractivity contribution in [3.05, 3.63) is 42.4 Å². The van der Waals surface area contributed by atoms with E-state index in [2.05, 4.69) is 27.2 Å². The van der Waals surface area contributed by atoms with Crippen LogP contribution in [0.2, 0.25) is 0 Å². The Kier molecular flexibility index (Phi) is 8.25. The third kappa shape index (κ3) is 5.67. The molecule has 2 atom stereocenters. The van der Waals surface area contributed by atoms with Gasteiger partial charge in [-0.2, -0.15) is 5.10 Å². The minimum atomic E-state index is 0. The van der Waals surface area contributed by atoms with E-state index >= 15 is 0 Å². The van der Waals surface area contributed by atoms with E-state index in [1.807, 2.05) is 24.4 Å². The molecule has 0 spiro atoms. The smallest absolute Gasteiger partial charge is 0.194 e. The van der Waals surface area contributed by atoms with Crippen molar-refractivity contribution in [1.29, 1.82) is 0 Å². The summed E-state index contributed by atoms with van der Waals surface area (Å²) < 4.78 is 13.6. The SMILES string of the molecule is CCNC(=NCc1ccnc(-n2cccn2)c1)N1CCOC(C2CCCO2)C1.I. The van der Waals surface area contributed by atoms with E-state index in [0.717, 1.165) is 56.4 Å². The highest BCUT2D eigenvalue weighted by Crippen LogP contribution is 2.21. The summed E-state index contributed by atoms with van der Waals surface area (Å²) in [6.45, 7) is 6.70. The molecular formula is C20H29IN6O2. The lowest BCUT2D eigenvalue weighted by atomic mass is 10.1. The van der Waals surface area contributed by atoms with Crippen molar-refractivity contribution < 1.29 is 9.47 Å². The van der Waals surface area contributed by atoms with Crippen LogP contribution in [-0.4, -0.2) is 70.7 Å². The fraction of sp³-hybridized carbons (Fsp3) is 0.550. The molecule has 0 radical (unpaired) electrons. The molecule has 0 amide bonds. The van der Waals surface area contributed by atoms with Gasteiger partial charge < -0.3 is 19.7 Å². The summed E-state index contributed by atoms with van der Waals surface area (Å²) in [6, 6.07) is 5.90. The summed E-state index contributed by atoms with van der Waals surface area (Å²) in [5.41, 5.74) is 1.10. The highest BCUT2D eigenvalue weighted by Gasteiger charge is 2.32. The summed E-state index contributed by atoms with van der Waals surface area (Å²) in [5, 5.41) is 7.67. The predicted molar refractivity (Wildman–Crippen MR) is 122 cm³/mol. The summed E-state index contributed by atoms with van der Waals surface area (Å²) in [4.78, 5) is 11.5. The number of aromatic nitrogens is 3. The van der Waals surface area contributed by atoms with Gasteiger partial charge in [-0.15, -0.1) is 24.0 Å². The molecule has 2 aromatic rings. The molecule has 8 nitrogen and oxygen atoms in total. The topological polar surface area (TPSA) is 76.8 Å². The zero-order chi connectivity index (χ0) is 19.2. The molecule has 2 aliphatic heterocycles. The Bertz CT molecular complexity index is 779. The van der Waals surface area contributed by atoms with E-state index in [1.54, 1.807) is 17.1 Å². The molecule has 1 N–H and O–H groups in total. The Hall–Kier alpha value is -1.72. The first-order valence-corrected chi connectivity index (χ1v) is 10.0. The minimum Gasteiger partial charge on any atom is -0.375 e. The largest absolute Gasteiger partial charge is 0.375 e. The average molecular weight is 512 g/mol. The molecule has 0 bridgehead atoms. The summed E-state index contributed by atoms with van der Waals surface area (Å²) >= 11 is 0. The van der Waals surface area contributed by atoms with E-state index in [0.29, 0.717) is 13.2 Å². The number of morpholine rings is 1. The van der Waals surface area contributed by atoms with Gasteiger partial charge in [-0.1, -0.05) is 0 Å². The molecule has 0 aliphatic carbocycles. The van der Waals surface area contributed by atoms with Crippen molar-refractivity contribution in [1.82, 2.24) is 25.0 Å².